The van der Waals surface area contributed by atoms with Crippen LogP contribution in [0.15, 0.2) is 279 Å². The van der Waals surface area contributed by atoms with Crippen LogP contribution in [0.1, 0.15) is 0 Å². The fourth-order valence-corrected chi connectivity index (χ4v) is 12.6. The molecule has 0 aliphatic carbocycles. The molecule has 5 aromatic heterocycles. The van der Waals surface area contributed by atoms with Crippen LogP contribution in [0.4, 0.5) is 0 Å². The molecule has 0 saturated carbocycles. The lowest BCUT2D eigenvalue weighted by Crippen LogP contribution is -2.04. The number of benzene rings is 11. The first kappa shape index (κ1) is 50.2. The Labute approximate surface area is 498 Å². The summed E-state index contributed by atoms with van der Waals surface area (Å²) in [4.78, 5) is 47.2. The lowest BCUT2D eigenvalue weighted by atomic mass is 9.96. The quantitative estimate of drug-likeness (QED) is 0.125. The topological polar surface area (TPSA) is 121 Å². The highest BCUT2D eigenvalue weighted by molar-refractivity contribution is 7.25. The van der Waals surface area contributed by atoms with Gasteiger partial charge in [-0.3, -0.25) is 0 Å². The van der Waals surface area contributed by atoms with E-state index in [-0.39, 0.29) is 0 Å². The molecular weight excluding hydrogens is 1070 g/mol. The fraction of sp³-hybridized carbons (Fsp3) is 0. The van der Waals surface area contributed by atoms with Crippen molar-refractivity contribution < 1.29 is 0 Å². The second kappa shape index (κ2) is 21.3. The van der Waals surface area contributed by atoms with E-state index in [0.717, 1.165) is 88.7 Å². The van der Waals surface area contributed by atoms with Crippen LogP contribution in [0.2, 0.25) is 0 Å². The molecule has 5 heterocycles. The van der Waals surface area contributed by atoms with Crippen LogP contribution in [-0.4, -0.2) is 49.4 Å². The monoisotopic (exact) mass is 1120 g/mol. The molecule has 11 heteroatoms. The molecule has 0 unspecified atom stereocenters. The van der Waals surface area contributed by atoms with E-state index in [1.165, 1.54) is 20.2 Å². The minimum absolute atomic E-state index is 0.508. The van der Waals surface area contributed by atoms with Gasteiger partial charge in [-0.2, -0.15) is 0 Å². The van der Waals surface area contributed by atoms with Gasteiger partial charge in [0.05, 0.1) is 16.7 Å². The molecule has 402 valence electrons. The largest absolute Gasteiger partial charge is 0.308 e. The Morgan fingerprint density at radius 1 is 0.221 bits per heavy atom. The number of fused-ring (bicyclic) bond motifs is 6. The molecule has 0 atom stereocenters. The molecule has 0 aliphatic heterocycles. The average Bonchev–Trinajstić information content (AvgIpc) is 1.85. The molecule has 16 aromatic rings. The van der Waals surface area contributed by atoms with Crippen LogP contribution >= 0.6 is 11.3 Å². The summed E-state index contributed by atoms with van der Waals surface area (Å²) in [6.07, 6.45) is 0. The van der Waals surface area contributed by atoms with Crippen LogP contribution in [0, 0.1) is 0 Å². The number of rotatable bonds is 11. The Balaban J connectivity index is 0.999. The van der Waals surface area contributed by atoms with E-state index in [1.807, 2.05) is 182 Å². The first-order chi connectivity index (χ1) is 42.6. The molecule has 0 radical (unpaired) electrons. The Hall–Kier alpha value is -11.5. The number of thiophene rings is 1. The van der Waals surface area contributed by atoms with Gasteiger partial charge in [0.25, 0.3) is 0 Å². The van der Waals surface area contributed by atoms with Crippen molar-refractivity contribution in [2.75, 3.05) is 0 Å². The molecule has 0 amide bonds. The Kier molecular flexibility index (Phi) is 12.5. The van der Waals surface area contributed by atoms with Gasteiger partial charge in [0.2, 0.25) is 0 Å². The van der Waals surface area contributed by atoms with Gasteiger partial charge in [-0.15, -0.1) is 11.3 Å². The zero-order valence-corrected chi connectivity index (χ0v) is 46.8. The maximum atomic E-state index is 5.46. The van der Waals surface area contributed by atoms with Crippen molar-refractivity contribution in [1.29, 1.82) is 0 Å². The summed E-state index contributed by atoms with van der Waals surface area (Å²) >= 11 is 1.81. The van der Waals surface area contributed by atoms with E-state index in [1.54, 1.807) is 11.3 Å². The summed E-state index contributed by atoms with van der Waals surface area (Å²) in [6, 6.07) is 95.5. The van der Waals surface area contributed by atoms with Gasteiger partial charge in [-0.05, 0) is 47.5 Å². The third-order valence-electron chi connectivity index (χ3n) is 15.6. The minimum Gasteiger partial charge on any atom is -0.308 e. The standard InChI is InChI=1S/C75H46N10S/c1-7-22-47(23-8-1)67-76-68(48-24-9-2-10-25-48)80-73(79-67)54-38-41-57-58-42-39-55(74-81-69(49-26-11-3-12-27-49)77-70(82-74)50-28-13-4-14-29-50)46-63(58)85(62(57)45-54)61-43-40-53(56-35-21-37-65-66(56)59-34-19-20-36-64(59)86-65)44-60(61)75-83-71(51-30-15-5-16-31-51)78-72(84-75)52-32-17-6-18-33-52/h1-46H. The van der Waals surface area contributed by atoms with Gasteiger partial charge in [-0.25, -0.2) is 44.9 Å². The van der Waals surface area contributed by atoms with Crippen LogP contribution in [0.5, 0.6) is 0 Å². The highest BCUT2D eigenvalue weighted by Gasteiger charge is 2.24. The summed E-state index contributed by atoms with van der Waals surface area (Å²) < 4.78 is 4.78. The second-order valence-corrected chi connectivity index (χ2v) is 22.0. The lowest BCUT2D eigenvalue weighted by molar-refractivity contribution is 1.06. The number of aromatic nitrogens is 10. The van der Waals surface area contributed by atoms with E-state index in [9.17, 15) is 0 Å². The average molecular weight is 1120 g/mol. The Morgan fingerprint density at radius 2 is 0.558 bits per heavy atom. The van der Waals surface area contributed by atoms with Crippen molar-refractivity contribution in [2.45, 2.75) is 0 Å². The minimum atomic E-state index is 0.508. The predicted molar refractivity (Wildman–Crippen MR) is 348 cm³/mol. The lowest BCUT2D eigenvalue weighted by Gasteiger charge is -2.17. The number of hydrogen-bond acceptors (Lipinski definition) is 10. The summed E-state index contributed by atoms with van der Waals surface area (Å²) in [5, 5.41) is 4.43. The first-order valence-corrected chi connectivity index (χ1v) is 29.2. The van der Waals surface area contributed by atoms with Crippen LogP contribution < -0.4 is 0 Å². The fourth-order valence-electron chi connectivity index (χ4n) is 11.5. The second-order valence-electron chi connectivity index (χ2n) is 20.9. The molecular formula is C75H46N10S. The van der Waals surface area contributed by atoms with Gasteiger partial charge in [-0.1, -0.05) is 243 Å². The molecule has 16 rings (SSSR count). The van der Waals surface area contributed by atoms with Gasteiger partial charge >= 0.3 is 0 Å². The maximum Gasteiger partial charge on any atom is 0.166 e. The Bertz CT molecular complexity index is 4860. The van der Waals surface area contributed by atoms with Crippen molar-refractivity contribution in [3.8, 4) is 119 Å². The highest BCUT2D eigenvalue weighted by Crippen LogP contribution is 2.44. The van der Waals surface area contributed by atoms with Crippen molar-refractivity contribution in [1.82, 2.24) is 49.4 Å². The molecule has 0 aliphatic rings. The maximum absolute atomic E-state index is 5.46. The molecule has 86 heavy (non-hydrogen) atoms. The highest BCUT2D eigenvalue weighted by atomic mass is 32.1. The van der Waals surface area contributed by atoms with Gasteiger partial charge in [0.15, 0.2) is 52.4 Å². The first-order valence-electron chi connectivity index (χ1n) is 28.4. The van der Waals surface area contributed by atoms with Crippen LogP contribution in [0.3, 0.4) is 0 Å². The van der Waals surface area contributed by atoms with Gasteiger partial charge in [0, 0.05) is 81.0 Å². The van der Waals surface area contributed by atoms with Crippen LogP contribution in [0.25, 0.3) is 161 Å². The molecule has 0 fully saturated rings. The zero-order chi connectivity index (χ0) is 56.9. The normalized spacial score (nSPS) is 11.5. The predicted octanol–water partition coefficient (Wildman–Crippen LogP) is 18.4. The molecule has 0 spiro atoms. The summed E-state index contributed by atoms with van der Waals surface area (Å²) in [7, 11) is 0. The van der Waals surface area contributed by atoms with E-state index < -0.39 is 0 Å². The summed E-state index contributed by atoms with van der Waals surface area (Å²) in [5.74, 6) is 4.99. The number of hydrogen-bond donors (Lipinski definition) is 0. The molecule has 0 saturated heterocycles. The van der Waals surface area contributed by atoms with Crippen molar-refractivity contribution in [3.63, 3.8) is 0 Å². The molecule has 0 N–H and O–H groups in total. The molecule has 11 aromatic carbocycles. The van der Waals surface area contributed by atoms with E-state index in [2.05, 4.69) is 102 Å². The Morgan fingerprint density at radius 3 is 0.965 bits per heavy atom. The number of nitrogens with zero attached hydrogens (tertiary/aromatic N) is 10. The van der Waals surface area contributed by atoms with E-state index in [0.29, 0.717) is 52.4 Å². The summed E-state index contributed by atoms with van der Waals surface area (Å²) in [5.41, 5.74) is 12.5. The van der Waals surface area contributed by atoms with Gasteiger partial charge < -0.3 is 4.57 Å². The summed E-state index contributed by atoms with van der Waals surface area (Å²) in [6.45, 7) is 0. The van der Waals surface area contributed by atoms with Crippen molar-refractivity contribution >= 4 is 53.3 Å². The SMILES string of the molecule is c1ccc(-c2nc(-c3ccccc3)nc(-c3ccc4c5ccc(-c6nc(-c7ccccc7)nc(-c7ccccc7)n6)cc5n(-c5ccc(-c6cccc7sc8ccccc8c67)cc5-c5nc(-c6ccccc6)nc(-c6ccccc6)n5)c4c3)n2)cc1. The zero-order valence-electron chi connectivity index (χ0n) is 45.9. The van der Waals surface area contributed by atoms with E-state index >= 15 is 0 Å². The smallest absolute Gasteiger partial charge is 0.166 e. The third kappa shape index (κ3) is 9.21. The van der Waals surface area contributed by atoms with Crippen molar-refractivity contribution in [3.05, 3.63) is 279 Å². The van der Waals surface area contributed by atoms with E-state index in [4.69, 9.17) is 44.9 Å². The van der Waals surface area contributed by atoms with Gasteiger partial charge in [0.1, 0.15) is 0 Å². The third-order valence-corrected chi connectivity index (χ3v) is 16.7. The molecule has 0 bridgehead atoms. The van der Waals surface area contributed by atoms with Crippen molar-refractivity contribution in [2.24, 2.45) is 0 Å². The van der Waals surface area contributed by atoms with Crippen LogP contribution in [-0.2, 0) is 0 Å². The molecule has 10 nitrogen and oxygen atoms in total.